The third kappa shape index (κ3) is 2.86. The van der Waals surface area contributed by atoms with Crippen molar-refractivity contribution in [3.05, 3.63) is 45.7 Å². The van der Waals surface area contributed by atoms with Crippen molar-refractivity contribution < 1.29 is 17.9 Å². The van der Waals surface area contributed by atoms with Crippen molar-refractivity contribution >= 4 is 33.2 Å². The number of alkyl halides is 3. The van der Waals surface area contributed by atoms with Gasteiger partial charge in [0.2, 0.25) is 5.88 Å². The number of ether oxygens (including phenoxy) is 1. The Morgan fingerprint density at radius 2 is 1.91 bits per heavy atom. The van der Waals surface area contributed by atoms with E-state index in [0.29, 0.717) is 14.0 Å². The Hall–Kier alpha value is -1.87. The number of fused-ring (bicyclic) bond motifs is 1. The molecule has 0 spiro atoms. The molecule has 1 aromatic carbocycles. The largest absolute Gasteiger partial charge is 0.453 e. The van der Waals surface area contributed by atoms with E-state index in [0.717, 1.165) is 0 Å². The first-order valence-electron chi connectivity index (χ1n) is 5.77. The smallest absolute Gasteiger partial charge is 0.436 e. The standard InChI is InChI=1S/C12H5BrClF3N4O/c13-6-1-2-7(14)8(5-6)22-10-4-3-9-18-19-11(12(15,16)17)21(9)20-10/h1-5H. The van der Waals surface area contributed by atoms with Gasteiger partial charge in [-0.1, -0.05) is 27.5 Å². The van der Waals surface area contributed by atoms with Crippen LogP contribution in [0.4, 0.5) is 13.2 Å². The first-order chi connectivity index (χ1) is 10.3. The molecule has 0 radical (unpaired) electrons. The Balaban J connectivity index is 2.03. The predicted molar refractivity (Wildman–Crippen MR) is 75.0 cm³/mol. The van der Waals surface area contributed by atoms with Crippen molar-refractivity contribution in [1.82, 2.24) is 19.8 Å². The fourth-order valence-corrected chi connectivity index (χ4v) is 2.17. The molecule has 5 nitrogen and oxygen atoms in total. The summed E-state index contributed by atoms with van der Waals surface area (Å²) in [6.07, 6.45) is -4.67. The molecule has 22 heavy (non-hydrogen) atoms. The van der Waals surface area contributed by atoms with Gasteiger partial charge in [0.25, 0.3) is 5.82 Å². The SMILES string of the molecule is FC(F)(F)c1nnc2ccc(Oc3cc(Br)ccc3Cl)nn12. The van der Waals surface area contributed by atoms with Gasteiger partial charge in [-0.2, -0.15) is 17.7 Å². The monoisotopic (exact) mass is 392 g/mol. The van der Waals surface area contributed by atoms with Crippen LogP contribution in [0.5, 0.6) is 11.6 Å². The number of aromatic nitrogens is 4. The average Bonchev–Trinajstić information content (AvgIpc) is 2.86. The molecule has 0 saturated carbocycles. The van der Waals surface area contributed by atoms with E-state index in [1.54, 1.807) is 18.2 Å². The van der Waals surface area contributed by atoms with Crippen LogP contribution >= 0.6 is 27.5 Å². The Labute approximate surface area is 134 Å². The number of nitrogens with zero attached hydrogens (tertiary/aromatic N) is 4. The lowest BCUT2D eigenvalue weighted by molar-refractivity contribution is -0.146. The van der Waals surface area contributed by atoms with Crippen molar-refractivity contribution in [2.45, 2.75) is 6.18 Å². The minimum absolute atomic E-state index is 0.0417. The maximum absolute atomic E-state index is 12.8. The van der Waals surface area contributed by atoms with E-state index in [4.69, 9.17) is 16.3 Å². The van der Waals surface area contributed by atoms with Crippen LogP contribution < -0.4 is 4.74 Å². The molecule has 114 valence electrons. The zero-order chi connectivity index (χ0) is 15.9. The van der Waals surface area contributed by atoms with Gasteiger partial charge in [-0.3, -0.25) is 0 Å². The van der Waals surface area contributed by atoms with E-state index < -0.39 is 12.0 Å². The first-order valence-corrected chi connectivity index (χ1v) is 6.94. The lowest BCUT2D eigenvalue weighted by Crippen LogP contribution is -2.12. The van der Waals surface area contributed by atoms with Gasteiger partial charge in [-0.15, -0.1) is 15.3 Å². The zero-order valence-corrected chi connectivity index (χ0v) is 12.8. The number of rotatable bonds is 2. The first kappa shape index (κ1) is 15.0. The van der Waals surface area contributed by atoms with Crippen LogP contribution in [-0.2, 0) is 6.18 Å². The van der Waals surface area contributed by atoms with E-state index in [-0.39, 0.29) is 17.3 Å². The van der Waals surface area contributed by atoms with Gasteiger partial charge < -0.3 is 4.74 Å². The highest BCUT2D eigenvalue weighted by atomic mass is 79.9. The van der Waals surface area contributed by atoms with Crippen molar-refractivity contribution in [1.29, 1.82) is 0 Å². The molecule has 0 bridgehead atoms. The maximum Gasteiger partial charge on any atom is 0.453 e. The molecule has 0 amide bonds. The molecule has 0 aliphatic heterocycles. The fourth-order valence-electron chi connectivity index (χ4n) is 1.67. The van der Waals surface area contributed by atoms with Crippen molar-refractivity contribution in [3.8, 4) is 11.6 Å². The maximum atomic E-state index is 12.8. The molecule has 0 aliphatic carbocycles. The summed E-state index contributed by atoms with van der Waals surface area (Å²) in [5.74, 6) is -1.05. The Morgan fingerprint density at radius 1 is 1.14 bits per heavy atom. The molecule has 3 rings (SSSR count). The molecule has 2 heterocycles. The Bertz CT molecular complexity index is 852. The van der Waals surface area contributed by atoms with E-state index in [1.165, 1.54) is 12.1 Å². The van der Waals surface area contributed by atoms with E-state index in [2.05, 4.69) is 31.2 Å². The highest BCUT2D eigenvalue weighted by molar-refractivity contribution is 9.10. The van der Waals surface area contributed by atoms with Crippen LogP contribution in [-0.4, -0.2) is 19.8 Å². The van der Waals surface area contributed by atoms with Crippen molar-refractivity contribution in [2.24, 2.45) is 0 Å². The second-order valence-corrected chi connectivity index (χ2v) is 5.46. The van der Waals surface area contributed by atoms with Gasteiger partial charge in [0.05, 0.1) is 5.02 Å². The normalized spacial score (nSPS) is 11.9. The summed E-state index contributed by atoms with van der Waals surface area (Å²) >= 11 is 9.21. The predicted octanol–water partition coefficient (Wildman–Crippen LogP) is 4.35. The molecule has 2 aromatic heterocycles. The summed E-state index contributed by atoms with van der Waals surface area (Å²) in [4.78, 5) is 0. The summed E-state index contributed by atoms with van der Waals surface area (Å²) in [5, 5.41) is 10.5. The topological polar surface area (TPSA) is 52.3 Å². The van der Waals surface area contributed by atoms with Crippen LogP contribution in [0, 0.1) is 0 Å². The number of hydrogen-bond acceptors (Lipinski definition) is 4. The highest BCUT2D eigenvalue weighted by Gasteiger charge is 2.37. The van der Waals surface area contributed by atoms with Gasteiger partial charge >= 0.3 is 6.18 Å². The molecule has 0 N–H and O–H groups in total. The van der Waals surface area contributed by atoms with Crippen LogP contribution in [0.25, 0.3) is 5.65 Å². The molecule has 3 aromatic rings. The Kier molecular flexibility index (Phi) is 3.69. The van der Waals surface area contributed by atoms with Gasteiger partial charge in [-0.05, 0) is 24.3 Å². The fraction of sp³-hybridized carbons (Fsp3) is 0.0833. The lowest BCUT2D eigenvalue weighted by Gasteiger charge is -2.08. The molecular weight excluding hydrogens is 389 g/mol. The van der Waals surface area contributed by atoms with Crippen LogP contribution in [0.2, 0.25) is 5.02 Å². The second kappa shape index (κ2) is 5.40. The van der Waals surface area contributed by atoms with Gasteiger partial charge in [-0.25, -0.2) is 0 Å². The van der Waals surface area contributed by atoms with Crippen molar-refractivity contribution in [3.63, 3.8) is 0 Å². The summed E-state index contributed by atoms with van der Waals surface area (Å²) in [6.45, 7) is 0. The number of halogens is 5. The molecule has 0 fully saturated rings. The minimum Gasteiger partial charge on any atom is -0.436 e. The van der Waals surface area contributed by atoms with Gasteiger partial charge in [0.1, 0.15) is 5.75 Å². The molecular formula is C12H5BrClF3N4O. The molecule has 10 heteroatoms. The quantitative estimate of drug-likeness (QED) is 0.649. The summed E-state index contributed by atoms with van der Waals surface area (Å²) in [5.41, 5.74) is -0.0417. The Morgan fingerprint density at radius 3 is 2.64 bits per heavy atom. The average molecular weight is 394 g/mol. The number of hydrogen-bond donors (Lipinski definition) is 0. The zero-order valence-electron chi connectivity index (χ0n) is 10.5. The van der Waals surface area contributed by atoms with Crippen LogP contribution in [0.3, 0.4) is 0 Å². The van der Waals surface area contributed by atoms with Gasteiger partial charge in [0.15, 0.2) is 5.65 Å². The summed E-state index contributed by atoms with van der Waals surface area (Å²) < 4.78 is 45.1. The molecule has 0 atom stereocenters. The molecule has 0 saturated heterocycles. The van der Waals surface area contributed by atoms with Crippen LogP contribution in [0.15, 0.2) is 34.8 Å². The van der Waals surface area contributed by atoms with E-state index in [9.17, 15) is 13.2 Å². The minimum atomic E-state index is -4.67. The second-order valence-electron chi connectivity index (χ2n) is 4.14. The third-order valence-corrected chi connectivity index (χ3v) is 3.41. The van der Waals surface area contributed by atoms with Crippen molar-refractivity contribution in [2.75, 3.05) is 0 Å². The summed E-state index contributed by atoms with van der Waals surface area (Å²) in [7, 11) is 0. The summed E-state index contributed by atoms with van der Waals surface area (Å²) in [6, 6.07) is 7.55. The molecule has 0 unspecified atom stereocenters. The van der Waals surface area contributed by atoms with Crippen LogP contribution in [0.1, 0.15) is 5.82 Å². The van der Waals surface area contributed by atoms with E-state index in [1.807, 2.05) is 0 Å². The highest BCUT2D eigenvalue weighted by Crippen LogP contribution is 2.32. The van der Waals surface area contributed by atoms with E-state index >= 15 is 0 Å². The third-order valence-electron chi connectivity index (χ3n) is 2.60. The number of benzene rings is 1. The van der Waals surface area contributed by atoms with Gasteiger partial charge in [0, 0.05) is 10.5 Å². The lowest BCUT2D eigenvalue weighted by atomic mass is 10.3. The molecule has 0 aliphatic rings.